The standard InChI is InChI=1S/C16H19NO4/c18-14(19)16-9-4-7-13(8-10-16)17(16)15(20)21-11-12-5-2-1-3-6-12/h1-3,5-6,13H,4,7-11H2,(H,18,19)/t13-,16?/m1/s1. The molecular formula is C16H19NO4. The van der Waals surface area contributed by atoms with E-state index in [1.807, 2.05) is 30.3 Å². The van der Waals surface area contributed by atoms with Gasteiger partial charge >= 0.3 is 12.1 Å². The summed E-state index contributed by atoms with van der Waals surface area (Å²) in [5.41, 5.74) is -0.143. The van der Waals surface area contributed by atoms with Crippen LogP contribution in [-0.2, 0) is 16.1 Å². The Balaban J connectivity index is 1.73. The van der Waals surface area contributed by atoms with Gasteiger partial charge in [-0.05, 0) is 37.7 Å². The average molecular weight is 289 g/mol. The number of carboxylic acids is 1. The molecule has 0 spiro atoms. The summed E-state index contributed by atoms with van der Waals surface area (Å²) >= 11 is 0. The van der Waals surface area contributed by atoms with Gasteiger partial charge in [-0.3, -0.25) is 4.90 Å². The van der Waals surface area contributed by atoms with Crippen molar-refractivity contribution in [2.45, 2.75) is 50.3 Å². The first-order valence-electron chi connectivity index (χ1n) is 7.37. The molecule has 5 heteroatoms. The minimum absolute atomic E-state index is 0.0122. The van der Waals surface area contributed by atoms with E-state index in [2.05, 4.69) is 0 Å². The number of amides is 1. The Hall–Kier alpha value is -2.04. The molecule has 2 atom stereocenters. The number of hydrogen-bond acceptors (Lipinski definition) is 3. The van der Waals surface area contributed by atoms with Crippen molar-refractivity contribution < 1.29 is 19.4 Å². The van der Waals surface area contributed by atoms with Crippen molar-refractivity contribution in [1.82, 2.24) is 4.90 Å². The number of rotatable bonds is 3. The summed E-state index contributed by atoms with van der Waals surface area (Å²) in [4.78, 5) is 25.5. The molecule has 0 radical (unpaired) electrons. The van der Waals surface area contributed by atoms with Crippen molar-refractivity contribution in [3.63, 3.8) is 0 Å². The Morgan fingerprint density at radius 1 is 1.24 bits per heavy atom. The van der Waals surface area contributed by atoms with Crippen LogP contribution in [0.2, 0.25) is 0 Å². The second kappa shape index (κ2) is 5.39. The number of carbonyl (C=O) groups excluding carboxylic acids is 1. The summed E-state index contributed by atoms with van der Waals surface area (Å²) < 4.78 is 5.35. The normalized spacial score (nSPS) is 27.4. The Kier molecular flexibility index (Phi) is 3.57. The van der Waals surface area contributed by atoms with Crippen LogP contribution in [0.25, 0.3) is 0 Å². The van der Waals surface area contributed by atoms with Crippen LogP contribution in [0.3, 0.4) is 0 Å². The van der Waals surface area contributed by atoms with Crippen LogP contribution in [0.5, 0.6) is 0 Å². The number of benzene rings is 1. The fraction of sp³-hybridized carbons (Fsp3) is 0.500. The third kappa shape index (κ3) is 2.37. The molecule has 2 aliphatic rings. The van der Waals surface area contributed by atoms with Crippen molar-refractivity contribution in [3.05, 3.63) is 35.9 Å². The summed E-state index contributed by atoms with van der Waals surface area (Å²) in [7, 11) is 0. The lowest BCUT2D eigenvalue weighted by molar-refractivity contribution is -0.151. The van der Waals surface area contributed by atoms with E-state index in [4.69, 9.17) is 4.74 Å². The first kappa shape index (κ1) is 13.9. The van der Waals surface area contributed by atoms with Crippen LogP contribution in [-0.4, -0.2) is 33.6 Å². The minimum atomic E-state index is -1.04. The molecule has 1 amide bonds. The molecule has 2 bridgehead atoms. The molecule has 3 rings (SSSR count). The molecule has 2 fully saturated rings. The summed E-state index contributed by atoms with van der Waals surface area (Å²) in [5, 5.41) is 9.57. The van der Waals surface area contributed by atoms with Gasteiger partial charge in [0.1, 0.15) is 12.1 Å². The molecular weight excluding hydrogens is 270 g/mol. The van der Waals surface area contributed by atoms with Crippen molar-refractivity contribution in [1.29, 1.82) is 0 Å². The SMILES string of the molecule is O=C(OCc1ccccc1)N1[C@@H]2CCCC1(C(=O)O)CC2. The lowest BCUT2D eigenvalue weighted by atomic mass is 9.89. The molecule has 1 N–H and O–H groups in total. The smallest absolute Gasteiger partial charge is 0.411 e. The lowest BCUT2D eigenvalue weighted by Gasteiger charge is -2.40. The molecule has 1 aromatic carbocycles. The Bertz CT molecular complexity index is 540. The molecule has 1 unspecified atom stereocenters. The predicted octanol–water partition coefficient (Wildman–Crippen LogP) is 2.79. The van der Waals surface area contributed by atoms with E-state index < -0.39 is 17.6 Å². The lowest BCUT2D eigenvalue weighted by Crippen LogP contribution is -2.57. The molecule has 2 aliphatic heterocycles. The third-order valence-corrected chi connectivity index (χ3v) is 4.65. The predicted molar refractivity (Wildman–Crippen MR) is 75.7 cm³/mol. The van der Waals surface area contributed by atoms with Crippen LogP contribution < -0.4 is 0 Å². The van der Waals surface area contributed by atoms with E-state index in [1.54, 1.807) is 0 Å². The molecule has 112 valence electrons. The fourth-order valence-electron chi connectivity index (χ4n) is 3.58. The number of carboxylic acid groups (broad SMARTS) is 1. The third-order valence-electron chi connectivity index (χ3n) is 4.65. The van der Waals surface area contributed by atoms with Gasteiger partial charge in [-0.15, -0.1) is 0 Å². The average Bonchev–Trinajstić information content (AvgIpc) is 2.73. The molecule has 0 saturated carbocycles. The molecule has 0 aliphatic carbocycles. The van der Waals surface area contributed by atoms with E-state index in [0.29, 0.717) is 12.8 Å². The Morgan fingerprint density at radius 2 is 2.00 bits per heavy atom. The molecule has 21 heavy (non-hydrogen) atoms. The van der Waals surface area contributed by atoms with Crippen molar-refractivity contribution in [3.8, 4) is 0 Å². The monoisotopic (exact) mass is 289 g/mol. The van der Waals surface area contributed by atoms with Gasteiger partial charge in [-0.25, -0.2) is 9.59 Å². The van der Waals surface area contributed by atoms with Crippen LogP contribution in [0.15, 0.2) is 30.3 Å². The van der Waals surface area contributed by atoms with Crippen molar-refractivity contribution in [2.24, 2.45) is 0 Å². The van der Waals surface area contributed by atoms with Gasteiger partial charge in [0.2, 0.25) is 0 Å². The molecule has 1 aromatic rings. The summed E-state index contributed by atoms with van der Waals surface area (Å²) in [6.45, 7) is 0.179. The summed E-state index contributed by atoms with van der Waals surface area (Å²) in [5.74, 6) is -0.902. The summed E-state index contributed by atoms with van der Waals surface area (Å²) in [6, 6.07) is 9.43. The number of piperidine rings is 1. The Labute approximate surface area is 123 Å². The number of carbonyl (C=O) groups is 2. The van der Waals surface area contributed by atoms with E-state index in [-0.39, 0.29) is 12.6 Å². The van der Waals surface area contributed by atoms with E-state index in [1.165, 1.54) is 4.90 Å². The maximum absolute atomic E-state index is 12.4. The van der Waals surface area contributed by atoms with Crippen molar-refractivity contribution >= 4 is 12.1 Å². The van der Waals surface area contributed by atoms with Gasteiger partial charge in [-0.1, -0.05) is 30.3 Å². The van der Waals surface area contributed by atoms with Crippen LogP contribution >= 0.6 is 0 Å². The van der Waals surface area contributed by atoms with E-state index >= 15 is 0 Å². The van der Waals surface area contributed by atoms with Crippen LogP contribution in [0, 0.1) is 0 Å². The maximum Gasteiger partial charge on any atom is 0.411 e. The highest BCUT2D eigenvalue weighted by atomic mass is 16.6. The number of aliphatic carboxylic acids is 1. The molecule has 2 heterocycles. The zero-order valence-corrected chi connectivity index (χ0v) is 11.8. The fourth-order valence-corrected chi connectivity index (χ4v) is 3.58. The van der Waals surface area contributed by atoms with Crippen LogP contribution in [0.4, 0.5) is 4.79 Å². The highest BCUT2D eigenvalue weighted by Gasteiger charge is 2.56. The Morgan fingerprint density at radius 3 is 2.71 bits per heavy atom. The second-order valence-electron chi connectivity index (χ2n) is 5.83. The zero-order chi connectivity index (χ0) is 14.9. The van der Waals surface area contributed by atoms with E-state index in [0.717, 1.165) is 24.8 Å². The highest BCUT2D eigenvalue weighted by Crippen LogP contribution is 2.44. The number of fused-ring (bicyclic) bond motifs is 2. The zero-order valence-electron chi connectivity index (χ0n) is 11.8. The molecule has 5 nitrogen and oxygen atoms in total. The summed E-state index contributed by atoms with van der Waals surface area (Å²) in [6.07, 6.45) is 3.05. The van der Waals surface area contributed by atoms with Gasteiger partial charge in [0.25, 0.3) is 0 Å². The van der Waals surface area contributed by atoms with Crippen LogP contribution in [0.1, 0.15) is 37.7 Å². The quantitative estimate of drug-likeness (QED) is 0.929. The highest BCUT2D eigenvalue weighted by molar-refractivity contribution is 5.85. The van der Waals surface area contributed by atoms with Gasteiger partial charge in [0, 0.05) is 6.04 Å². The maximum atomic E-state index is 12.4. The number of nitrogens with zero attached hydrogens (tertiary/aromatic N) is 1. The number of ether oxygens (including phenoxy) is 1. The molecule has 0 aromatic heterocycles. The minimum Gasteiger partial charge on any atom is -0.479 e. The second-order valence-corrected chi connectivity index (χ2v) is 5.83. The van der Waals surface area contributed by atoms with E-state index in [9.17, 15) is 14.7 Å². The largest absolute Gasteiger partial charge is 0.479 e. The first-order chi connectivity index (χ1) is 10.1. The van der Waals surface area contributed by atoms with Gasteiger partial charge in [0.05, 0.1) is 0 Å². The van der Waals surface area contributed by atoms with Crippen molar-refractivity contribution in [2.75, 3.05) is 0 Å². The van der Waals surface area contributed by atoms with Gasteiger partial charge in [0.15, 0.2) is 0 Å². The number of hydrogen-bond donors (Lipinski definition) is 1. The topological polar surface area (TPSA) is 66.8 Å². The first-order valence-corrected chi connectivity index (χ1v) is 7.37. The van der Waals surface area contributed by atoms with Gasteiger partial charge in [-0.2, -0.15) is 0 Å². The van der Waals surface area contributed by atoms with Gasteiger partial charge < -0.3 is 9.84 Å². The molecule has 2 saturated heterocycles.